The number of nitrogens with one attached hydrogen (secondary N) is 2. The first-order chi connectivity index (χ1) is 12.4. The fourth-order valence-corrected chi connectivity index (χ4v) is 3.48. The third-order valence-corrected chi connectivity index (χ3v) is 5.83. The van der Waals surface area contributed by atoms with Crippen molar-refractivity contribution in [3.05, 3.63) is 24.3 Å². The molecule has 1 aromatic carbocycles. The minimum absolute atomic E-state index is 0.0822. The number of benzene rings is 1. The number of anilines is 1. The van der Waals surface area contributed by atoms with E-state index in [0.29, 0.717) is 37.9 Å². The molecule has 2 unspecified atom stereocenters. The van der Waals surface area contributed by atoms with Gasteiger partial charge in [0.2, 0.25) is 5.91 Å². The largest absolute Gasteiger partial charge is 0.352 e. The molecule has 8 heteroatoms. The van der Waals surface area contributed by atoms with Crippen LogP contribution >= 0.6 is 0 Å². The van der Waals surface area contributed by atoms with Crippen molar-refractivity contribution in [3.8, 4) is 0 Å². The molecule has 2 fully saturated rings. The summed E-state index contributed by atoms with van der Waals surface area (Å²) in [5, 5.41) is 5.90. The predicted molar refractivity (Wildman–Crippen MR) is 102 cm³/mol. The second-order valence-corrected chi connectivity index (χ2v) is 8.27. The summed E-state index contributed by atoms with van der Waals surface area (Å²) in [6.45, 7) is 4.46. The van der Waals surface area contributed by atoms with Crippen molar-refractivity contribution < 1.29 is 13.8 Å². The summed E-state index contributed by atoms with van der Waals surface area (Å²) in [6.07, 6.45) is 3.79. The number of amides is 3. The Balaban J connectivity index is 1.46. The van der Waals surface area contributed by atoms with Crippen molar-refractivity contribution in [2.75, 3.05) is 37.8 Å². The zero-order chi connectivity index (χ0) is 18.7. The molecule has 1 aliphatic heterocycles. The van der Waals surface area contributed by atoms with Gasteiger partial charge in [-0.25, -0.2) is 4.79 Å². The summed E-state index contributed by atoms with van der Waals surface area (Å²) in [6, 6.07) is 7.08. The molecule has 1 aromatic rings. The van der Waals surface area contributed by atoms with Gasteiger partial charge >= 0.3 is 6.03 Å². The molecule has 0 radical (unpaired) electrons. The van der Waals surface area contributed by atoms with Gasteiger partial charge in [0.15, 0.2) is 0 Å². The normalized spacial score (nSPS) is 20.3. The Bertz CT molecular complexity index is 682. The second-order valence-electron chi connectivity index (χ2n) is 6.89. The highest BCUT2D eigenvalue weighted by Crippen LogP contribution is 2.19. The predicted octanol–water partition coefficient (Wildman–Crippen LogP) is 1.24. The number of nitrogens with zero attached hydrogens (tertiary/aromatic N) is 2. The van der Waals surface area contributed by atoms with E-state index in [2.05, 4.69) is 15.5 Å². The highest BCUT2D eigenvalue weighted by atomic mass is 32.2. The molecular weight excluding hydrogens is 352 g/mol. The van der Waals surface area contributed by atoms with Crippen molar-refractivity contribution in [1.82, 2.24) is 15.1 Å². The Labute approximate surface area is 156 Å². The second kappa shape index (κ2) is 8.18. The number of hydrogen-bond donors (Lipinski definition) is 2. The molecule has 0 spiro atoms. The van der Waals surface area contributed by atoms with Crippen molar-refractivity contribution in [2.24, 2.45) is 0 Å². The van der Waals surface area contributed by atoms with Crippen LogP contribution < -0.4 is 10.6 Å². The molecule has 1 saturated heterocycles. The summed E-state index contributed by atoms with van der Waals surface area (Å²) in [4.78, 5) is 29.2. The van der Waals surface area contributed by atoms with Crippen LogP contribution in [0.5, 0.6) is 0 Å². The van der Waals surface area contributed by atoms with Crippen LogP contribution in [-0.2, 0) is 15.6 Å². The zero-order valence-electron chi connectivity index (χ0n) is 15.2. The maximum Gasteiger partial charge on any atom is 0.321 e. The highest BCUT2D eigenvalue weighted by molar-refractivity contribution is 7.84. The van der Waals surface area contributed by atoms with E-state index < -0.39 is 10.8 Å². The number of carbonyl (C=O) groups is 2. The molecule has 0 bridgehead atoms. The Morgan fingerprint density at radius 1 is 1.12 bits per heavy atom. The number of urea groups is 1. The van der Waals surface area contributed by atoms with E-state index in [1.165, 1.54) is 0 Å². The molecule has 2 N–H and O–H groups in total. The van der Waals surface area contributed by atoms with Gasteiger partial charge < -0.3 is 15.5 Å². The molecule has 1 heterocycles. The van der Waals surface area contributed by atoms with Crippen LogP contribution in [0.2, 0.25) is 0 Å². The van der Waals surface area contributed by atoms with E-state index in [0.717, 1.165) is 17.7 Å². The molecule has 142 valence electrons. The van der Waals surface area contributed by atoms with Gasteiger partial charge in [0.25, 0.3) is 0 Å². The van der Waals surface area contributed by atoms with E-state index in [9.17, 15) is 13.8 Å². The quantitative estimate of drug-likeness (QED) is 0.808. The first-order valence-electron chi connectivity index (χ1n) is 8.98. The van der Waals surface area contributed by atoms with E-state index in [4.69, 9.17) is 0 Å². The third kappa shape index (κ3) is 4.82. The minimum atomic E-state index is -1.03. The lowest BCUT2D eigenvalue weighted by molar-refractivity contribution is -0.126. The third-order valence-electron chi connectivity index (χ3n) is 4.89. The van der Waals surface area contributed by atoms with Gasteiger partial charge in [-0.3, -0.25) is 13.9 Å². The lowest BCUT2D eigenvalue weighted by Gasteiger charge is -2.37. The molecule has 2 aliphatic rings. The van der Waals surface area contributed by atoms with E-state index in [1.807, 2.05) is 6.92 Å². The first-order valence-corrected chi connectivity index (χ1v) is 10.5. The fraction of sp³-hybridized carbons (Fsp3) is 0.556. The molecule has 26 heavy (non-hydrogen) atoms. The van der Waals surface area contributed by atoms with Crippen molar-refractivity contribution in [3.63, 3.8) is 0 Å². The molecule has 0 aromatic heterocycles. The summed E-state index contributed by atoms with van der Waals surface area (Å²) in [7, 11) is -1.03. The Morgan fingerprint density at radius 2 is 1.73 bits per heavy atom. The molecule has 1 saturated carbocycles. The van der Waals surface area contributed by atoms with Crippen LogP contribution in [0.1, 0.15) is 19.8 Å². The topological polar surface area (TPSA) is 81.8 Å². The molecule has 7 nitrogen and oxygen atoms in total. The molecule has 3 rings (SSSR count). The Morgan fingerprint density at radius 3 is 2.27 bits per heavy atom. The first kappa shape index (κ1) is 18.8. The summed E-state index contributed by atoms with van der Waals surface area (Å²) in [5.41, 5.74) is 0.684. The average Bonchev–Trinajstić information content (AvgIpc) is 3.45. The van der Waals surface area contributed by atoms with Crippen molar-refractivity contribution in [2.45, 2.75) is 36.7 Å². The van der Waals surface area contributed by atoms with E-state index in [1.54, 1.807) is 35.4 Å². The molecule has 3 amide bonds. The van der Waals surface area contributed by atoms with Crippen LogP contribution in [0.25, 0.3) is 0 Å². The van der Waals surface area contributed by atoms with E-state index >= 15 is 0 Å². The van der Waals surface area contributed by atoms with Crippen molar-refractivity contribution in [1.29, 1.82) is 0 Å². The van der Waals surface area contributed by atoms with Crippen LogP contribution in [0, 0.1) is 0 Å². The lowest BCUT2D eigenvalue weighted by atomic mass is 10.2. The number of rotatable bonds is 5. The minimum Gasteiger partial charge on any atom is -0.352 e. The maximum atomic E-state index is 12.4. The average molecular weight is 378 g/mol. The van der Waals surface area contributed by atoms with E-state index in [-0.39, 0.29) is 18.0 Å². The molecule has 2 atom stereocenters. The summed E-state index contributed by atoms with van der Waals surface area (Å²) >= 11 is 0. The maximum absolute atomic E-state index is 12.4. The number of piperazine rings is 1. The van der Waals surface area contributed by atoms with Crippen LogP contribution in [-0.4, -0.2) is 70.5 Å². The van der Waals surface area contributed by atoms with Gasteiger partial charge in [0.1, 0.15) is 0 Å². The van der Waals surface area contributed by atoms with Gasteiger partial charge in [0.05, 0.1) is 6.04 Å². The molecular formula is C18H26N4O3S. The summed E-state index contributed by atoms with van der Waals surface area (Å²) < 4.78 is 11.4. The van der Waals surface area contributed by atoms with Crippen LogP contribution in [0.4, 0.5) is 10.5 Å². The summed E-state index contributed by atoms with van der Waals surface area (Å²) in [5.74, 6) is 0.0822. The Kier molecular flexibility index (Phi) is 5.93. The lowest BCUT2D eigenvalue weighted by Crippen LogP contribution is -2.55. The van der Waals surface area contributed by atoms with Crippen molar-refractivity contribution >= 4 is 28.4 Å². The number of hydrogen-bond acceptors (Lipinski definition) is 4. The fourth-order valence-electron chi connectivity index (χ4n) is 2.96. The van der Waals surface area contributed by atoms with Gasteiger partial charge in [-0.05, 0) is 44.0 Å². The monoisotopic (exact) mass is 378 g/mol. The Hall–Kier alpha value is -1.93. The van der Waals surface area contributed by atoms with Gasteiger partial charge in [0, 0.05) is 59.9 Å². The standard InChI is InChI=1S/C18H26N4O3S/c1-13(17(23)19-14-3-4-14)21-9-11-22(12-10-21)18(24)20-15-5-7-16(8-6-15)26(2)25/h5-8,13-14H,3-4,9-12H2,1-2H3,(H,19,23)(H,20,24). The number of carbonyl (C=O) groups excluding carboxylic acids is 2. The van der Waals surface area contributed by atoms with Crippen LogP contribution in [0.3, 0.4) is 0 Å². The van der Waals surface area contributed by atoms with Gasteiger partial charge in [-0.15, -0.1) is 0 Å². The zero-order valence-corrected chi connectivity index (χ0v) is 16.1. The van der Waals surface area contributed by atoms with Gasteiger partial charge in [-0.2, -0.15) is 0 Å². The van der Waals surface area contributed by atoms with Crippen LogP contribution in [0.15, 0.2) is 29.2 Å². The smallest absolute Gasteiger partial charge is 0.321 e. The molecule has 1 aliphatic carbocycles. The SMILES string of the molecule is CC(C(=O)NC1CC1)N1CCN(C(=O)Nc2ccc(S(C)=O)cc2)CC1. The van der Waals surface area contributed by atoms with Gasteiger partial charge in [-0.1, -0.05) is 0 Å². The highest BCUT2D eigenvalue weighted by Gasteiger charge is 2.30.